The lowest BCUT2D eigenvalue weighted by Crippen LogP contribution is -2.57. The standard InChI is InChI=1S/C14H24N2O3/c1-10-3-4-11(7-10)9-15-13(19)16-14(5-2-6-14)8-12(17)18/h10-11H,2-9H2,1H3,(H,17,18)(H2,15,16,19). The van der Waals surface area contributed by atoms with Gasteiger partial charge in [-0.2, -0.15) is 0 Å². The average molecular weight is 268 g/mol. The van der Waals surface area contributed by atoms with Crippen LogP contribution in [0.5, 0.6) is 0 Å². The summed E-state index contributed by atoms with van der Waals surface area (Å²) in [6, 6.07) is -0.208. The predicted molar refractivity (Wildman–Crippen MR) is 71.9 cm³/mol. The van der Waals surface area contributed by atoms with E-state index in [1.54, 1.807) is 0 Å². The van der Waals surface area contributed by atoms with E-state index < -0.39 is 11.5 Å². The molecule has 0 heterocycles. The van der Waals surface area contributed by atoms with Gasteiger partial charge in [-0.1, -0.05) is 13.3 Å². The van der Waals surface area contributed by atoms with Crippen LogP contribution in [0.25, 0.3) is 0 Å². The molecule has 2 fully saturated rings. The molecule has 2 saturated carbocycles. The van der Waals surface area contributed by atoms with Crippen LogP contribution in [0.2, 0.25) is 0 Å². The Bertz CT molecular complexity index is 353. The van der Waals surface area contributed by atoms with Gasteiger partial charge in [0.05, 0.1) is 12.0 Å². The molecular weight excluding hydrogens is 244 g/mol. The Morgan fingerprint density at radius 3 is 2.53 bits per heavy atom. The first-order valence-electron chi connectivity index (χ1n) is 7.27. The van der Waals surface area contributed by atoms with Gasteiger partial charge in [-0.3, -0.25) is 4.79 Å². The van der Waals surface area contributed by atoms with Crippen LogP contribution in [-0.4, -0.2) is 29.2 Å². The van der Waals surface area contributed by atoms with Crippen molar-refractivity contribution in [1.29, 1.82) is 0 Å². The van der Waals surface area contributed by atoms with Gasteiger partial charge in [-0.05, 0) is 43.9 Å². The minimum Gasteiger partial charge on any atom is -0.481 e. The second kappa shape index (κ2) is 5.80. The van der Waals surface area contributed by atoms with Crippen molar-refractivity contribution in [3.8, 4) is 0 Å². The highest BCUT2D eigenvalue weighted by Crippen LogP contribution is 2.35. The number of urea groups is 1. The zero-order valence-corrected chi connectivity index (χ0v) is 11.6. The SMILES string of the molecule is CC1CCC(CNC(=O)NC2(CC(=O)O)CCC2)C1. The molecule has 2 atom stereocenters. The highest BCUT2D eigenvalue weighted by Gasteiger charge is 2.40. The van der Waals surface area contributed by atoms with Crippen LogP contribution in [0.1, 0.15) is 51.9 Å². The van der Waals surface area contributed by atoms with Gasteiger partial charge in [0, 0.05) is 6.54 Å². The second-order valence-electron chi connectivity index (χ2n) is 6.32. The Kier molecular flexibility index (Phi) is 4.32. The van der Waals surface area contributed by atoms with E-state index in [4.69, 9.17) is 5.11 Å². The van der Waals surface area contributed by atoms with Crippen LogP contribution >= 0.6 is 0 Å². The summed E-state index contributed by atoms with van der Waals surface area (Å²) in [5, 5.41) is 14.7. The minimum atomic E-state index is -0.843. The zero-order chi connectivity index (χ0) is 13.9. The lowest BCUT2D eigenvalue weighted by molar-refractivity contribution is -0.139. The van der Waals surface area contributed by atoms with Gasteiger partial charge in [0.15, 0.2) is 0 Å². The number of nitrogens with one attached hydrogen (secondary N) is 2. The summed E-state index contributed by atoms with van der Waals surface area (Å²) in [5.74, 6) is 0.502. The average Bonchev–Trinajstić information content (AvgIpc) is 2.69. The normalized spacial score (nSPS) is 28.5. The van der Waals surface area contributed by atoms with E-state index in [1.807, 2.05) is 0 Å². The van der Waals surface area contributed by atoms with E-state index in [1.165, 1.54) is 19.3 Å². The van der Waals surface area contributed by atoms with Crippen LogP contribution in [0, 0.1) is 11.8 Å². The summed E-state index contributed by atoms with van der Waals surface area (Å²) in [6.07, 6.45) is 6.17. The van der Waals surface area contributed by atoms with Crippen molar-refractivity contribution in [2.45, 2.75) is 57.4 Å². The van der Waals surface area contributed by atoms with Gasteiger partial charge in [0.25, 0.3) is 0 Å². The molecule has 19 heavy (non-hydrogen) atoms. The van der Waals surface area contributed by atoms with Crippen LogP contribution in [0.4, 0.5) is 4.79 Å². The van der Waals surface area contributed by atoms with Crippen molar-refractivity contribution in [2.24, 2.45) is 11.8 Å². The van der Waals surface area contributed by atoms with Gasteiger partial charge in [-0.15, -0.1) is 0 Å². The van der Waals surface area contributed by atoms with Crippen LogP contribution in [0.3, 0.4) is 0 Å². The maximum Gasteiger partial charge on any atom is 0.315 e. The Balaban J connectivity index is 1.72. The Hall–Kier alpha value is -1.26. The highest BCUT2D eigenvalue weighted by molar-refractivity contribution is 5.77. The van der Waals surface area contributed by atoms with Crippen LogP contribution in [-0.2, 0) is 4.79 Å². The maximum atomic E-state index is 11.9. The quantitative estimate of drug-likeness (QED) is 0.714. The van der Waals surface area contributed by atoms with E-state index in [0.29, 0.717) is 12.5 Å². The number of hydrogen-bond acceptors (Lipinski definition) is 2. The van der Waals surface area contributed by atoms with Gasteiger partial charge < -0.3 is 15.7 Å². The van der Waals surface area contributed by atoms with Gasteiger partial charge in [0.2, 0.25) is 0 Å². The summed E-state index contributed by atoms with van der Waals surface area (Å²) in [4.78, 5) is 22.7. The number of carbonyl (C=O) groups excluding carboxylic acids is 1. The largest absolute Gasteiger partial charge is 0.481 e. The molecule has 0 aliphatic heterocycles. The molecule has 3 N–H and O–H groups in total. The summed E-state index contributed by atoms with van der Waals surface area (Å²) >= 11 is 0. The first-order chi connectivity index (χ1) is 8.99. The van der Waals surface area contributed by atoms with Crippen molar-refractivity contribution >= 4 is 12.0 Å². The Labute approximate surface area is 114 Å². The summed E-state index contributed by atoms with van der Waals surface area (Å²) in [7, 11) is 0. The maximum absolute atomic E-state index is 11.9. The molecule has 0 radical (unpaired) electrons. The molecule has 2 rings (SSSR count). The van der Waals surface area contributed by atoms with Crippen LogP contribution < -0.4 is 10.6 Å². The lowest BCUT2D eigenvalue weighted by atomic mass is 9.74. The molecule has 2 aliphatic rings. The number of carbonyl (C=O) groups is 2. The second-order valence-corrected chi connectivity index (χ2v) is 6.32. The molecule has 0 aromatic rings. The first-order valence-corrected chi connectivity index (χ1v) is 7.27. The van der Waals surface area contributed by atoms with E-state index in [9.17, 15) is 9.59 Å². The van der Waals surface area contributed by atoms with Crippen molar-refractivity contribution in [1.82, 2.24) is 10.6 Å². The molecule has 0 bridgehead atoms. The highest BCUT2D eigenvalue weighted by atomic mass is 16.4. The van der Waals surface area contributed by atoms with Gasteiger partial charge in [-0.25, -0.2) is 4.79 Å². The van der Waals surface area contributed by atoms with E-state index in [2.05, 4.69) is 17.6 Å². The van der Waals surface area contributed by atoms with Crippen LogP contribution in [0.15, 0.2) is 0 Å². The minimum absolute atomic E-state index is 0.0287. The zero-order valence-electron chi connectivity index (χ0n) is 11.6. The Morgan fingerprint density at radius 2 is 2.05 bits per heavy atom. The molecule has 0 saturated heterocycles. The summed E-state index contributed by atoms with van der Waals surface area (Å²) in [5.41, 5.74) is -0.501. The van der Waals surface area contributed by atoms with Crippen molar-refractivity contribution in [3.63, 3.8) is 0 Å². The van der Waals surface area contributed by atoms with Gasteiger partial charge >= 0.3 is 12.0 Å². The fraction of sp³-hybridized carbons (Fsp3) is 0.857. The number of aliphatic carboxylic acids is 1. The third-order valence-electron chi connectivity index (χ3n) is 4.53. The molecule has 2 unspecified atom stereocenters. The molecule has 0 aromatic heterocycles. The molecule has 5 heteroatoms. The van der Waals surface area contributed by atoms with Crippen molar-refractivity contribution < 1.29 is 14.7 Å². The third kappa shape index (κ3) is 3.85. The number of carboxylic acid groups (broad SMARTS) is 1. The molecule has 0 aromatic carbocycles. The van der Waals surface area contributed by atoms with E-state index >= 15 is 0 Å². The predicted octanol–water partition coefficient (Wildman–Crippen LogP) is 2.12. The molecule has 2 aliphatic carbocycles. The first kappa shape index (κ1) is 14.2. The van der Waals surface area contributed by atoms with Crippen molar-refractivity contribution in [2.75, 3.05) is 6.54 Å². The number of hydrogen-bond donors (Lipinski definition) is 3. The fourth-order valence-electron chi connectivity index (χ4n) is 3.27. The number of amides is 2. The molecule has 108 valence electrons. The molecule has 2 amide bonds. The molecule has 0 spiro atoms. The van der Waals surface area contributed by atoms with E-state index in [0.717, 1.165) is 25.2 Å². The number of carboxylic acids is 1. The molecular formula is C14H24N2O3. The summed E-state index contributed by atoms with van der Waals surface area (Å²) < 4.78 is 0. The molecule has 5 nitrogen and oxygen atoms in total. The van der Waals surface area contributed by atoms with E-state index in [-0.39, 0.29) is 12.5 Å². The third-order valence-corrected chi connectivity index (χ3v) is 4.53. The lowest BCUT2D eigenvalue weighted by Gasteiger charge is -2.41. The van der Waals surface area contributed by atoms with Crippen molar-refractivity contribution in [3.05, 3.63) is 0 Å². The smallest absolute Gasteiger partial charge is 0.315 e. The monoisotopic (exact) mass is 268 g/mol. The topological polar surface area (TPSA) is 78.4 Å². The van der Waals surface area contributed by atoms with Gasteiger partial charge in [0.1, 0.15) is 0 Å². The number of rotatable bonds is 5. The summed E-state index contributed by atoms with van der Waals surface area (Å²) in [6.45, 7) is 2.95. The Morgan fingerprint density at radius 1 is 1.32 bits per heavy atom. The fourth-order valence-corrected chi connectivity index (χ4v) is 3.27.